The van der Waals surface area contributed by atoms with Crippen LogP contribution in [0.25, 0.3) is 11.4 Å². The first kappa shape index (κ1) is 22.1. The zero-order valence-corrected chi connectivity index (χ0v) is 19.3. The minimum Gasteiger partial charge on any atom is -0.484 e. The van der Waals surface area contributed by atoms with E-state index in [-0.39, 0.29) is 12.5 Å². The fraction of sp³-hybridized carbons (Fsp3) is 0.560. The summed E-state index contributed by atoms with van der Waals surface area (Å²) in [7, 11) is 0. The number of hydrogen-bond donors (Lipinski definition) is 4. The van der Waals surface area contributed by atoms with Gasteiger partial charge in [-0.1, -0.05) is 25.0 Å². The Bertz CT molecular complexity index is 977. The van der Waals surface area contributed by atoms with Crippen molar-refractivity contribution < 1.29 is 9.53 Å². The van der Waals surface area contributed by atoms with Gasteiger partial charge in [0.15, 0.2) is 12.4 Å². The number of amides is 1. The summed E-state index contributed by atoms with van der Waals surface area (Å²) in [5, 5.41) is 6.73. The molecular weight excluding hydrogens is 416 g/mol. The maximum Gasteiger partial charge on any atom is 0.258 e. The van der Waals surface area contributed by atoms with E-state index in [2.05, 4.69) is 26.5 Å². The summed E-state index contributed by atoms with van der Waals surface area (Å²) in [6.45, 7) is 3.09. The molecule has 8 heteroatoms. The minimum atomic E-state index is -0.0623. The van der Waals surface area contributed by atoms with Crippen molar-refractivity contribution in [1.82, 2.24) is 26.1 Å². The summed E-state index contributed by atoms with van der Waals surface area (Å²) < 4.78 is 5.76. The Morgan fingerprint density at radius 1 is 1.18 bits per heavy atom. The second-order valence-corrected chi connectivity index (χ2v) is 9.64. The van der Waals surface area contributed by atoms with Gasteiger partial charge in [0.1, 0.15) is 11.6 Å². The zero-order valence-electron chi connectivity index (χ0n) is 19.3. The van der Waals surface area contributed by atoms with Gasteiger partial charge in [-0.15, -0.1) is 0 Å². The zero-order chi connectivity index (χ0) is 22.6. The van der Waals surface area contributed by atoms with E-state index in [9.17, 15) is 4.79 Å². The van der Waals surface area contributed by atoms with Crippen molar-refractivity contribution in [1.29, 1.82) is 0 Å². The minimum absolute atomic E-state index is 0.0229. The molecule has 2 heterocycles. The number of rotatable bonds is 7. The molecule has 1 aliphatic heterocycles. The number of hydrogen-bond acceptors (Lipinski definition) is 7. The van der Waals surface area contributed by atoms with Crippen LogP contribution in [0, 0.1) is 12.8 Å². The number of anilines is 1. The molecule has 4 N–H and O–H groups in total. The lowest BCUT2D eigenvalue weighted by Crippen LogP contribution is -2.39. The SMILES string of the molecule is Cc1cnc(-c2cccc(OCC(=O)NC3CCCC3)c2)nc1NC1CCC2NNCC2C1. The summed E-state index contributed by atoms with van der Waals surface area (Å²) in [5.41, 5.74) is 8.59. The van der Waals surface area contributed by atoms with Gasteiger partial charge in [-0.25, -0.2) is 9.97 Å². The molecule has 2 aliphatic carbocycles. The largest absolute Gasteiger partial charge is 0.484 e. The molecule has 3 fully saturated rings. The summed E-state index contributed by atoms with van der Waals surface area (Å²) in [6, 6.07) is 8.96. The van der Waals surface area contributed by atoms with Crippen LogP contribution in [0.4, 0.5) is 5.82 Å². The highest BCUT2D eigenvalue weighted by atomic mass is 16.5. The highest BCUT2D eigenvalue weighted by Gasteiger charge is 2.34. The van der Waals surface area contributed by atoms with E-state index in [1.165, 1.54) is 19.3 Å². The number of hydrazine groups is 1. The first-order chi connectivity index (χ1) is 16.1. The first-order valence-corrected chi connectivity index (χ1v) is 12.3. The van der Waals surface area contributed by atoms with Crippen LogP contribution in [-0.4, -0.2) is 47.2 Å². The number of carbonyl (C=O) groups excluding carboxylic acids is 1. The van der Waals surface area contributed by atoms with Gasteiger partial charge in [-0.05, 0) is 57.1 Å². The van der Waals surface area contributed by atoms with Crippen LogP contribution in [0.2, 0.25) is 0 Å². The van der Waals surface area contributed by atoms with Gasteiger partial charge in [-0.3, -0.25) is 15.6 Å². The molecule has 2 aromatic rings. The van der Waals surface area contributed by atoms with Gasteiger partial charge in [0.2, 0.25) is 0 Å². The van der Waals surface area contributed by atoms with E-state index >= 15 is 0 Å². The number of ether oxygens (including phenoxy) is 1. The smallest absolute Gasteiger partial charge is 0.258 e. The summed E-state index contributed by atoms with van der Waals surface area (Å²) in [6.07, 6.45) is 9.82. The Morgan fingerprint density at radius 2 is 2.06 bits per heavy atom. The molecule has 2 saturated carbocycles. The molecule has 3 unspecified atom stereocenters. The first-order valence-electron chi connectivity index (χ1n) is 12.3. The normalized spacial score (nSPS) is 24.9. The fourth-order valence-corrected chi connectivity index (χ4v) is 5.27. The van der Waals surface area contributed by atoms with Crippen molar-refractivity contribution >= 4 is 11.7 Å². The summed E-state index contributed by atoms with van der Waals surface area (Å²) in [5.74, 6) is 2.80. The van der Waals surface area contributed by atoms with E-state index in [0.29, 0.717) is 35.6 Å². The lowest BCUT2D eigenvalue weighted by molar-refractivity contribution is -0.123. The summed E-state index contributed by atoms with van der Waals surface area (Å²) in [4.78, 5) is 21.6. The van der Waals surface area contributed by atoms with Gasteiger partial charge < -0.3 is 15.4 Å². The number of nitrogens with one attached hydrogen (secondary N) is 4. The number of carbonyl (C=O) groups is 1. The van der Waals surface area contributed by atoms with Gasteiger partial charge in [-0.2, -0.15) is 0 Å². The Morgan fingerprint density at radius 3 is 2.94 bits per heavy atom. The van der Waals surface area contributed by atoms with Gasteiger partial charge in [0.25, 0.3) is 5.91 Å². The molecule has 0 spiro atoms. The van der Waals surface area contributed by atoms with Crippen LogP contribution in [0.1, 0.15) is 50.5 Å². The third-order valence-corrected chi connectivity index (χ3v) is 7.13. The van der Waals surface area contributed by atoms with Crippen molar-refractivity contribution in [2.75, 3.05) is 18.5 Å². The predicted molar refractivity (Wildman–Crippen MR) is 128 cm³/mol. The molecule has 5 rings (SSSR count). The lowest BCUT2D eigenvalue weighted by atomic mass is 9.83. The Kier molecular flexibility index (Phi) is 6.73. The Hall–Kier alpha value is -2.71. The lowest BCUT2D eigenvalue weighted by Gasteiger charge is -2.31. The van der Waals surface area contributed by atoms with Crippen LogP contribution in [0.5, 0.6) is 5.75 Å². The number of nitrogens with zero attached hydrogens (tertiary/aromatic N) is 2. The van der Waals surface area contributed by atoms with Crippen LogP contribution >= 0.6 is 0 Å². The van der Waals surface area contributed by atoms with Gasteiger partial charge >= 0.3 is 0 Å². The highest BCUT2D eigenvalue weighted by molar-refractivity contribution is 5.78. The van der Waals surface area contributed by atoms with Crippen LogP contribution in [-0.2, 0) is 4.79 Å². The van der Waals surface area contributed by atoms with Crippen molar-refractivity contribution in [2.45, 2.75) is 70.0 Å². The van der Waals surface area contributed by atoms with Crippen LogP contribution in [0.15, 0.2) is 30.5 Å². The van der Waals surface area contributed by atoms with Gasteiger partial charge in [0, 0.05) is 42.0 Å². The van der Waals surface area contributed by atoms with E-state index in [1.807, 2.05) is 37.4 Å². The predicted octanol–water partition coefficient (Wildman–Crippen LogP) is 2.95. The molecular formula is C25H34N6O2. The van der Waals surface area contributed by atoms with Crippen molar-refractivity contribution in [3.63, 3.8) is 0 Å². The van der Waals surface area contributed by atoms with Crippen molar-refractivity contribution in [2.24, 2.45) is 5.92 Å². The van der Waals surface area contributed by atoms with Crippen LogP contribution < -0.4 is 26.2 Å². The van der Waals surface area contributed by atoms with E-state index < -0.39 is 0 Å². The van der Waals surface area contributed by atoms with Gasteiger partial charge in [0.05, 0.1) is 0 Å². The van der Waals surface area contributed by atoms with E-state index in [0.717, 1.165) is 49.2 Å². The second-order valence-electron chi connectivity index (χ2n) is 9.64. The molecule has 1 aromatic heterocycles. The standard InChI is InChI=1S/C25H34N6O2/c1-16-13-26-25(30-24(16)29-20-9-10-22-18(11-20)14-27-31-22)17-5-4-8-21(12-17)33-15-23(32)28-19-6-2-3-7-19/h4-5,8,12-13,18-20,22,27,31H,2-3,6-7,9-11,14-15H2,1H3,(H,28,32)(H,26,29,30). The van der Waals surface area contributed by atoms with Crippen LogP contribution in [0.3, 0.4) is 0 Å². The molecule has 3 atom stereocenters. The monoisotopic (exact) mass is 450 g/mol. The molecule has 176 valence electrons. The molecule has 1 amide bonds. The van der Waals surface area contributed by atoms with Crippen molar-refractivity contribution in [3.8, 4) is 17.1 Å². The quantitative estimate of drug-likeness (QED) is 0.515. The Labute approximate surface area is 195 Å². The molecule has 1 aromatic carbocycles. The highest BCUT2D eigenvalue weighted by Crippen LogP contribution is 2.30. The third kappa shape index (κ3) is 5.45. The average molecular weight is 451 g/mol. The van der Waals surface area contributed by atoms with E-state index in [1.54, 1.807) is 0 Å². The maximum absolute atomic E-state index is 12.2. The molecule has 0 radical (unpaired) electrons. The summed E-state index contributed by atoms with van der Waals surface area (Å²) >= 11 is 0. The topological polar surface area (TPSA) is 100 Å². The number of aromatic nitrogens is 2. The molecule has 8 nitrogen and oxygen atoms in total. The molecule has 1 saturated heterocycles. The third-order valence-electron chi connectivity index (χ3n) is 7.13. The fourth-order valence-electron chi connectivity index (χ4n) is 5.27. The Balaban J connectivity index is 1.22. The maximum atomic E-state index is 12.2. The molecule has 0 bridgehead atoms. The average Bonchev–Trinajstić information content (AvgIpc) is 3.51. The number of benzene rings is 1. The van der Waals surface area contributed by atoms with Crippen molar-refractivity contribution in [3.05, 3.63) is 36.0 Å². The molecule has 33 heavy (non-hydrogen) atoms. The second kappa shape index (κ2) is 10.1. The number of fused-ring (bicyclic) bond motifs is 1. The van der Waals surface area contributed by atoms with E-state index in [4.69, 9.17) is 9.72 Å². The molecule has 3 aliphatic rings. The number of aryl methyl sites for hydroxylation is 1.